The Balaban J connectivity index is 2.14. The lowest BCUT2D eigenvalue weighted by Crippen LogP contribution is -2.00. The van der Waals surface area contributed by atoms with Crippen LogP contribution < -0.4 is 5.32 Å². The predicted octanol–water partition coefficient (Wildman–Crippen LogP) is 1.31. The number of carboxylic acids is 1. The van der Waals surface area contributed by atoms with E-state index in [1.165, 1.54) is 12.3 Å². The van der Waals surface area contributed by atoms with Crippen molar-refractivity contribution in [2.75, 3.05) is 5.32 Å². The fraction of sp³-hybridized carbons (Fsp3) is 0. The minimum absolute atomic E-state index is 0.143. The fourth-order valence-corrected chi connectivity index (χ4v) is 1.09. The summed E-state index contributed by atoms with van der Waals surface area (Å²) in [5, 5.41) is 11.6. The maximum atomic E-state index is 10.6. The summed E-state index contributed by atoms with van der Waals surface area (Å²) in [6.45, 7) is 0. The minimum Gasteiger partial charge on any atom is -0.478 e. The molecule has 0 bridgehead atoms. The van der Waals surface area contributed by atoms with E-state index in [1.807, 2.05) is 0 Å². The molecule has 0 radical (unpaired) electrons. The molecule has 2 N–H and O–H groups in total. The highest BCUT2D eigenvalue weighted by Gasteiger charge is 2.03. The molecule has 0 spiro atoms. The lowest BCUT2D eigenvalue weighted by atomic mass is 10.3. The molecule has 16 heavy (non-hydrogen) atoms. The van der Waals surface area contributed by atoms with Crippen LogP contribution in [-0.2, 0) is 0 Å². The van der Waals surface area contributed by atoms with Crippen LogP contribution in [0.4, 0.5) is 11.6 Å². The second-order valence-corrected chi connectivity index (χ2v) is 2.95. The van der Waals surface area contributed by atoms with Crippen molar-refractivity contribution in [1.82, 2.24) is 15.0 Å². The molecule has 2 rings (SSSR count). The topological polar surface area (TPSA) is 88.0 Å². The van der Waals surface area contributed by atoms with E-state index < -0.39 is 5.97 Å². The van der Waals surface area contributed by atoms with Crippen molar-refractivity contribution in [1.29, 1.82) is 0 Å². The molecule has 0 fully saturated rings. The van der Waals surface area contributed by atoms with Gasteiger partial charge in [0.15, 0.2) is 0 Å². The van der Waals surface area contributed by atoms with Crippen LogP contribution in [0, 0.1) is 0 Å². The Kier molecular flexibility index (Phi) is 2.73. The number of rotatable bonds is 3. The molecule has 0 unspecified atom stereocenters. The summed E-state index contributed by atoms with van der Waals surface area (Å²) < 4.78 is 0. The predicted molar refractivity (Wildman–Crippen MR) is 56.5 cm³/mol. The first kappa shape index (κ1) is 10.0. The number of hydrogen-bond acceptors (Lipinski definition) is 5. The van der Waals surface area contributed by atoms with Gasteiger partial charge in [-0.3, -0.25) is 4.98 Å². The first-order valence-corrected chi connectivity index (χ1v) is 4.48. The van der Waals surface area contributed by atoms with E-state index in [4.69, 9.17) is 5.11 Å². The van der Waals surface area contributed by atoms with Crippen molar-refractivity contribution in [3.8, 4) is 0 Å². The van der Waals surface area contributed by atoms with Gasteiger partial charge < -0.3 is 10.4 Å². The highest BCUT2D eigenvalue weighted by Crippen LogP contribution is 2.10. The molecular weight excluding hydrogens is 208 g/mol. The van der Waals surface area contributed by atoms with Gasteiger partial charge in [0, 0.05) is 18.6 Å². The van der Waals surface area contributed by atoms with Crippen molar-refractivity contribution in [2.24, 2.45) is 0 Å². The Morgan fingerprint density at radius 1 is 1.12 bits per heavy atom. The molecule has 0 atom stereocenters. The molecule has 0 aliphatic carbocycles. The van der Waals surface area contributed by atoms with Crippen LogP contribution in [0.25, 0.3) is 0 Å². The zero-order chi connectivity index (χ0) is 11.4. The zero-order valence-corrected chi connectivity index (χ0v) is 8.16. The zero-order valence-electron chi connectivity index (χ0n) is 8.16. The molecule has 0 saturated heterocycles. The van der Waals surface area contributed by atoms with Gasteiger partial charge in [-0.2, -0.15) is 0 Å². The Morgan fingerprint density at radius 2 is 2.00 bits per heavy atom. The SMILES string of the molecule is O=C(O)c1ccc(Nc2cnccn2)nc1. The average molecular weight is 216 g/mol. The van der Waals surface area contributed by atoms with E-state index in [1.54, 1.807) is 24.7 Å². The van der Waals surface area contributed by atoms with Gasteiger partial charge in [0.2, 0.25) is 0 Å². The van der Waals surface area contributed by atoms with Crippen molar-refractivity contribution in [3.63, 3.8) is 0 Å². The Bertz CT molecular complexity index is 484. The van der Waals surface area contributed by atoms with E-state index in [0.29, 0.717) is 11.6 Å². The second kappa shape index (κ2) is 4.35. The maximum Gasteiger partial charge on any atom is 0.337 e. The van der Waals surface area contributed by atoms with Crippen molar-refractivity contribution in [2.45, 2.75) is 0 Å². The molecule has 6 nitrogen and oxygen atoms in total. The standard InChI is InChI=1S/C10H8N4O2/c15-10(16)7-1-2-8(13-5-7)14-9-6-11-3-4-12-9/h1-6H,(H,15,16)(H,12,13,14). The molecule has 2 aromatic rings. The number of nitrogens with zero attached hydrogens (tertiary/aromatic N) is 3. The van der Waals surface area contributed by atoms with E-state index >= 15 is 0 Å². The van der Waals surface area contributed by atoms with Crippen molar-refractivity contribution in [3.05, 3.63) is 42.5 Å². The molecule has 0 aliphatic rings. The van der Waals surface area contributed by atoms with Gasteiger partial charge in [0.25, 0.3) is 0 Å². The lowest BCUT2D eigenvalue weighted by molar-refractivity contribution is 0.0696. The lowest BCUT2D eigenvalue weighted by Gasteiger charge is -2.03. The number of carbonyl (C=O) groups is 1. The molecule has 0 amide bonds. The molecule has 0 aromatic carbocycles. The highest BCUT2D eigenvalue weighted by molar-refractivity contribution is 5.87. The number of pyridine rings is 1. The van der Waals surface area contributed by atoms with Crippen molar-refractivity contribution >= 4 is 17.6 Å². The molecule has 0 saturated carbocycles. The number of nitrogens with one attached hydrogen (secondary N) is 1. The van der Waals surface area contributed by atoms with Crippen LogP contribution in [0.1, 0.15) is 10.4 Å². The molecular formula is C10H8N4O2. The number of aromatic nitrogens is 3. The summed E-state index contributed by atoms with van der Waals surface area (Å²) >= 11 is 0. The van der Waals surface area contributed by atoms with Crippen molar-refractivity contribution < 1.29 is 9.90 Å². The fourth-order valence-electron chi connectivity index (χ4n) is 1.09. The summed E-state index contributed by atoms with van der Waals surface area (Å²) in [4.78, 5) is 22.4. The summed E-state index contributed by atoms with van der Waals surface area (Å²) in [6.07, 6.45) is 5.94. The van der Waals surface area contributed by atoms with Gasteiger partial charge >= 0.3 is 5.97 Å². The van der Waals surface area contributed by atoms with Crippen LogP contribution in [0.3, 0.4) is 0 Å². The normalized spacial score (nSPS) is 9.75. The maximum absolute atomic E-state index is 10.6. The van der Waals surface area contributed by atoms with Gasteiger partial charge in [-0.05, 0) is 12.1 Å². The number of aromatic carboxylic acids is 1. The Morgan fingerprint density at radius 3 is 2.56 bits per heavy atom. The first-order chi connectivity index (χ1) is 7.75. The molecule has 6 heteroatoms. The van der Waals surface area contributed by atoms with Crippen LogP contribution >= 0.6 is 0 Å². The van der Waals surface area contributed by atoms with Crippen LogP contribution in [0.15, 0.2) is 36.9 Å². The minimum atomic E-state index is -1.00. The van der Waals surface area contributed by atoms with Gasteiger partial charge in [-0.1, -0.05) is 0 Å². The third kappa shape index (κ3) is 2.30. The summed E-state index contributed by atoms with van der Waals surface area (Å²) in [6, 6.07) is 3.03. The average Bonchev–Trinajstić information content (AvgIpc) is 2.31. The van der Waals surface area contributed by atoms with Gasteiger partial charge in [-0.25, -0.2) is 14.8 Å². The monoisotopic (exact) mass is 216 g/mol. The second-order valence-electron chi connectivity index (χ2n) is 2.95. The van der Waals surface area contributed by atoms with Gasteiger partial charge in [-0.15, -0.1) is 0 Å². The Labute approximate surface area is 91.0 Å². The number of hydrogen-bond donors (Lipinski definition) is 2. The smallest absolute Gasteiger partial charge is 0.337 e. The summed E-state index contributed by atoms with van der Waals surface area (Å²) in [7, 11) is 0. The van der Waals surface area contributed by atoms with E-state index in [2.05, 4.69) is 20.3 Å². The molecule has 2 heterocycles. The third-order valence-electron chi connectivity index (χ3n) is 1.83. The number of carboxylic acid groups (broad SMARTS) is 1. The van der Waals surface area contributed by atoms with Crippen LogP contribution in [-0.4, -0.2) is 26.0 Å². The third-order valence-corrected chi connectivity index (χ3v) is 1.83. The first-order valence-electron chi connectivity index (χ1n) is 4.48. The molecule has 0 aliphatic heterocycles. The van der Waals surface area contributed by atoms with E-state index in [0.717, 1.165) is 0 Å². The van der Waals surface area contributed by atoms with Gasteiger partial charge in [0.1, 0.15) is 11.6 Å². The molecule has 80 valence electrons. The Hall–Kier alpha value is -2.50. The highest BCUT2D eigenvalue weighted by atomic mass is 16.4. The molecule has 2 aromatic heterocycles. The van der Waals surface area contributed by atoms with E-state index in [9.17, 15) is 4.79 Å². The quantitative estimate of drug-likeness (QED) is 0.804. The summed E-state index contributed by atoms with van der Waals surface area (Å²) in [5.74, 6) is 0.0714. The number of anilines is 2. The van der Waals surface area contributed by atoms with E-state index in [-0.39, 0.29) is 5.56 Å². The van der Waals surface area contributed by atoms with Gasteiger partial charge in [0.05, 0.1) is 11.8 Å². The van der Waals surface area contributed by atoms with Crippen LogP contribution in [0.5, 0.6) is 0 Å². The largest absolute Gasteiger partial charge is 0.478 e. The van der Waals surface area contributed by atoms with Crippen LogP contribution in [0.2, 0.25) is 0 Å². The summed E-state index contributed by atoms with van der Waals surface area (Å²) in [5.41, 5.74) is 0.143.